The first-order valence-corrected chi connectivity index (χ1v) is 5.49. The molecule has 102 valence electrons. The number of likely N-dealkylation sites (N-methyl/N-ethyl adjacent to an activating group) is 1. The number of hydrogen-bond donors (Lipinski definition) is 1. The molecule has 0 atom stereocenters. The maximum absolute atomic E-state index is 12.0. The summed E-state index contributed by atoms with van der Waals surface area (Å²) in [6.45, 7) is 0.595. The molecule has 0 spiro atoms. The van der Waals surface area contributed by atoms with Gasteiger partial charge in [0.15, 0.2) is 0 Å². The predicted molar refractivity (Wildman–Crippen MR) is 63.3 cm³/mol. The Hall–Kier alpha value is -1.50. The van der Waals surface area contributed by atoms with Gasteiger partial charge >= 0.3 is 6.18 Å². The lowest BCUT2D eigenvalue weighted by Gasteiger charge is -2.18. The zero-order chi connectivity index (χ0) is 13.8. The maximum atomic E-state index is 12.0. The Bertz CT molecular complexity index is 442. The first-order chi connectivity index (χ1) is 8.28. The van der Waals surface area contributed by atoms with Crippen LogP contribution >= 0.6 is 0 Å². The molecule has 0 saturated carbocycles. The second kappa shape index (κ2) is 5.90. The van der Waals surface area contributed by atoms with E-state index in [4.69, 9.17) is 5.73 Å². The minimum absolute atomic E-state index is 0.0828. The standard InChI is InChI=1S/C11H16F3N3O/c1-16(5-4-11(12,13)14)6-7-17-8-9(15)2-3-10(17)18/h2-3,8H,4-7,15H2,1H3. The van der Waals surface area contributed by atoms with E-state index in [1.807, 2.05) is 0 Å². The summed E-state index contributed by atoms with van der Waals surface area (Å²) >= 11 is 0. The van der Waals surface area contributed by atoms with Crippen LogP contribution in [-0.2, 0) is 6.54 Å². The highest BCUT2D eigenvalue weighted by molar-refractivity contribution is 5.33. The summed E-state index contributed by atoms with van der Waals surface area (Å²) in [6, 6.07) is 2.83. The highest BCUT2D eigenvalue weighted by Crippen LogP contribution is 2.19. The molecule has 2 N–H and O–H groups in total. The lowest BCUT2D eigenvalue weighted by molar-refractivity contribution is -0.137. The van der Waals surface area contributed by atoms with Gasteiger partial charge in [0.1, 0.15) is 0 Å². The summed E-state index contributed by atoms with van der Waals surface area (Å²) in [5.74, 6) is 0. The smallest absolute Gasteiger partial charge is 0.390 e. The molecule has 0 bridgehead atoms. The van der Waals surface area contributed by atoms with Gasteiger partial charge in [-0.05, 0) is 13.1 Å². The van der Waals surface area contributed by atoms with Crippen molar-refractivity contribution in [2.45, 2.75) is 19.1 Å². The zero-order valence-electron chi connectivity index (χ0n) is 10.1. The number of hydrogen-bond acceptors (Lipinski definition) is 3. The molecule has 0 aliphatic heterocycles. The van der Waals surface area contributed by atoms with E-state index in [9.17, 15) is 18.0 Å². The number of anilines is 1. The van der Waals surface area contributed by atoms with Gasteiger partial charge in [-0.1, -0.05) is 0 Å². The minimum atomic E-state index is -4.15. The predicted octanol–water partition coefficient (Wildman–Crippen LogP) is 1.31. The highest BCUT2D eigenvalue weighted by Gasteiger charge is 2.26. The number of alkyl halides is 3. The fourth-order valence-corrected chi connectivity index (χ4v) is 1.43. The molecule has 0 amide bonds. The first-order valence-electron chi connectivity index (χ1n) is 5.49. The average Bonchev–Trinajstić information content (AvgIpc) is 2.26. The summed E-state index contributed by atoms with van der Waals surface area (Å²) in [5.41, 5.74) is 5.76. The molecule has 0 aliphatic carbocycles. The van der Waals surface area contributed by atoms with E-state index in [1.54, 1.807) is 7.05 Å². The zero-order valence-corrected chi connectivity index (χ0v) is 10.1. The van der Waals surface area contributed by atoms with Crippen molar-refractivity contribution in [1.29, 1.82) is 0 Å². The third-order valence-corrected chi connectivity index (χ3v) is 2.51. The number of halogens is 3. The van der Waals surface area contributed by atoms with Gasteiger partial charge in [-0.25, -0.2) is 0 Å². The topological polar surface area (TPSA) is 51.3 Å². The number of nitrogen functional groups attached to an aromatic ring is 1. The number of nitrogens with two attached hydrogens (primary N) is 1. The SMILES string of the molecule is CN(CCn1cc(N)ccc1=O)CCC(F)(F)F. The van der Waals surface area contributed by atoms with Crippen LogP contribution in [0.2, 0.25) is 0 Å². The van der Waals surface area contributed by atoms with Crippen LogP contribution in [0, 0.1) is 0 Å². The van der Waals surface area contributed by atoms with Gasteiger partial charge in [-0.3, -0.25) is 4.79 Å². The fourth-order valence-electron chi connectivity index (χ4n) is 1.43. The Kier molecular flexibility index (Phi) is 4.77. The Morgan fingerprint density at radius 3 is 2.61 bits per heavy atom. The van der Waals surface area contributed by atoms with Gasteiger partial charge in [0.2, 0.25) is 0 Å². The van der Waals surface area contributed by atoms with Crippen molar-refractivity contribution in [1.82, 2.24) is 9.47 Å². The molecule has 0 aromatic carbocycles. The van der Waals surface area contributed by atoms with Crippen LogP contribution in [0.1, 0.15) is 6.42 Å². The number of aromatic nitrogens is 1. The van der Waals surface area contributed by atoms with Crippen molar-refractivity contribution >= 4 is 5.69 Å². The molecule has 1 rings (SSSR count). The Labute approximate surface area is 103 Å². The Balaban J connectivity index is 2.45. The van der Waals surface area contributed by atoms with Crippen molar-refractivity contribution in [3.63, 3.8) is 0 Å². The number of rotatable bonds is 5. The van der Waals surface area contributed by atoms with E-state index in [1.165, 1.54) is 27.8 Å². The van der Waals surface area contributed by atoms with Crippen LogP contribution in [0.15, 0.2) is 23.1 Å². The highest BCUT2D eigenvalue weighted by atomic mass is 19.4. The van der Waals surface area contributed by atoms with Crippen molar-refractivity contribution in [2.24, 2.45) is 0 Å². The second-order valence-electron chi connectivity index (χ2n) is 4.16. The van der Waals surface area contributed by atoms with Gasteiger partial charge < -0.3 is 15.2 Å². The normalized spacial score (nSPS) is 12.1. The van der Waals surface area contributed by atoms with Crippen LogP contribution in [-0.4, -0.2) is 35.8 Å². The van der Waals surface area contributed by atoms with E-state index < -0.39 is 12.6 Å². The molecule has 7 heteroatoms. The molecule has 4 nitrogen and oxygen atoms in total. The maximum Gasteiger partial charge on any atom is 0.390 e. The van der Waals surface area contributed by atoms with Crippen molar-refractivity contribution < 1.29 is 13.2 Å². The quantitative estimate of drug-likeness (QED) is 0.871. The Morgan fingerprint density at radius 1 is 1.33 bits per heavy atom. The van der Waals surface area contributed by atoms with E-state index in [0.717, 1.165) is 0 Å². The van der Waals surface area contributed by atoms with Crippen LogP contribution in [0.4, 0.5) is 18.9 Å². The molecule has 1 heterocycles. The molecular weight excluding hydrogens is 247 g/mol. The molecule has 1 aromatic rings. The lowest BCUT2D eigenvalue weighted by Crippen LogP contribution is -2.30. The van der Waals surface area contributed by atoms with E-state index >= 15 is 0 Å². The minimum Gasteiger partial charge on any atom is -0.398 e. The molecular formula is C11H16F3N3O. The molecule has 0 saturated heterocycles. The van der Waals surface area contributed by atoms with Crippen molar-refractivity contribution in [3.05, 3.63) is 28.7 Å². The largest absolute Gasteiger partial charge is 0.398 e. The van der Waals surface area contributed by atoms with Gasteiger partial charge in [-0.2, -0.15) is 13.2 Å². The van der Waals surface area contributed by atoms with Gasteiger partial charge in [0.05, 0.1) is 6.42 Å². The van der Waals surface area contributed by atoms with E-state index in [0.29, 0.717) is 18.8 Å². The molecule has 0 aliphatic rings. The van der Waals surface area contributed by atoms with Crippen LogP contribution in [0.3, 0.4) is 0 Å². The molecule has 1 aromatic heterocycles. The molecule has 0 fully saturated rings. The number of nitrogens with zero attached hydrogens (tertiary/aromatic N) is 2. The molecule has 0 radical (unpaired) electrons. The van der Waals surface area contributed by atoms with Crippen LogP contribution in [0.25, 0.3) is 0 Å². The summed E-state index contributed by atoms with van der Waals surface area (Å²) in [7, 11) is 1.59. The first kappa shape index (κ1) is 14.6. The summed E-state index contributed by atoms with van der Waals surface area (Å²) in [5, 5.41) is 0. The number of pyridine rings is 1. The Morgan fingerprint density at radius 2 is 2.00 bits per heavy atom. The van der Waals surface area contributed by atoms with Crippen LogP contribution < -0.4 is 11.3 Å². The van der Waals surface area contributed by atoms with Crippen LogP contribution in [0.5, 0.6) is 0 Å². The van der Waals surface area contributed by atoms with Crippen molar-refractivity contribution in [2.75, 3.05) is 25.9 Å². The summed E-state index contributed by atoms with van der Waals surface area (Å²) in [4.78, 5) is 12.9. The van der Waals surface area contributed by atoms with Gasteiger partial charge in [-0.15, -0.1) is 0 Å². The third-order valence-electron chi connectivity index (χ3n) is 2.51. The summed E-state index contributed by atoms with van der Waals surface area (Å²) in [6.07, 6.45) is -3.52. The molecule has 18 heavy (non-hydrogen) atoms. The third kappa shape index (κ3) is 5.22. The fraction of sp³-hybridized carbons (Fsp3) is 0.545. The average molecular weight is 263 g/mol. The van der Waals surface area contributed by atoms with E-state index in [2.05, 4.69) is 0 Å². The van der Waals surface area contributed by atoms with Gasteiger partial charge in [0, 0.05) is 37.6 Å². The molecule has 0 unspecified atom stereocenters. The monoisotopic (exact) mass is 263 g/mol. The second-order valence-corrected chi connectivity index (χ2v) is 4.16. The van der Waals surface area contributed by atoms with E-state index in [-0.39, 0.29) is 12.1 Å². The van der Waals surface area contributed by atoms with Crippen molar-refractivity contribution in [3.8, 4) is 0 Å². The summed E-state index contributed by atoms with van der Waals surface area (Å²) < 4.78 is 37.4. The van der Waals surface area contributed by atoms with Gasteiger partial charge in [0.25, 0.3) is 5.56 Å². The lowest BCUT2D eigenvalue weighted by atomic mass is 10.3.